The van der Waals surface area contributed by atoms with Gasteiger partial charge in [0.1, 0.15) is 0 Å². The fourth-order valence-electron chi connectivity index (χ4n) is 3.21. The van der Waals surface area contributed by atoms with Gasteiger partial charge in [-0.2, -0.15) is 0 Å². The van der Waals surface area contributed by atoms with Crippen molar-refractivity contribution in [2.45, 2.75) is 39.0 Å². The first-order valence-electron chi connectivity index (χ1n) is 7.70. The minimum atomic E-state index is 0.624. The molecule has 3 nitrogen and oxygen atoms in total. The van der Waals surface area contributed by atoms with Gasteiger partial charge in [-0.15, -0.1) is 0 Å². The molecule has 1 aliphatic rings. The summed E-state index contributed by atoms with van der Waals surface area (Å²) in [6, 6.07) is 4.37. The fraction of sp³-hybridized carbons (Fsp3) is 0.647. The van der Waals surface area contributed by atoms with Crippen LogP contribution in [0.1, 0.15) is 43.7 Å². The van der Waals surface area contributed by atoms with Crippen molar-refractivity contribution in [3.63, 3.8) is 0 Å². The zero-order chi connectivity index (χ0) is 14.5. The van der Waals surface area contributed by atoms with Gasteiger partial charge in [0, 0.05) is 6.54 Å². The highest BCUT2D eigenvalue weighted by Crippen LogP contribution is 2.39. The molecule has 20 heavy (non-hydrogen) atoms. The van der Waals surface area contributed by atoms with Crippen LogP contribution >= 0.6 is 0 Å². The van der Waals surface area contributed by atoms with Crippen molar-refractivity contribution in [1.82, 2.24) is 4.90 Å². The van der Waals surface area contributed by atoms with Crippen LogP contribution in [0, 0.1) is 0 Å². The van der Waals surface area contributed by atoms with Gasteiger partial charge in [-0.3, -0.25) is 0 Å². The molecule has 0 radical (unpaired) electrons. The lowest BCUT2D eigenvalue weighted by Crippen LogP contribution is -2.30. The van der Waals surface area contributed by atoms with Crippen LogP contribution in [0.5, 0.6) is 11.5 Å². The number of fused-ring (bicyclic) bond motifs is 1. The molecule has 0 heterocycles. The molecule has 1 aromatic rings. The lowest BCUT2D eigenvalue weighted by molar-refractivity contribution is 0.271. The van der Waals surface area contributed by atoms with Gasteiger partial charge in [-0.25, -0.2) is 0 Å². The van der Waals surface area contributed by atoms with Crippen molar-refractivity contribution < 1.29 is 9.47 Å². The van der Waals surface area contributed by atoms with Gasteiger partial charge in [0.15, 0.2) is 11.5 Å². The molecule has 2 rings (SSSR count). The third-order valence-electron chi connectivity index (χ3n) is 4.46. The zero-order valence-corrected chi connectivity index (χ0v) is 13.2. The van der Waals surface area contributed by atoms with Gasteiger partial charge in [-0.05, 0) is 61.5 Å². The Morgan fingerprint density at radius 1 is 1.10 bits per heavy atom. The van der Waals surface area contributed by atoms with Gasteiger partial charge in [0.25, 0.3) is 0 Å². The third kappa shape index (κ3) is 3.09. The van der Waals surface area contributed by atoms with E-state index in [1.54, 1.807) is 14.2 Å². The largest absolute Gasteiger partial charge is 0.493 e. The lowest BCUT2D eigenvalue weighted by atomic mass is 9.82. The van der Waals surface area contributed by atoms with Crippen LogP contribution in [0.4, 0.5) is 0 Å². The summed E-state index contributed by atoms with van der Waals surface area (Å²) in [6.07, 6.45) is 3.71. The number of aryl methyl sites for hydroxylation is 1. The van der Waals surface area contributed by atoms with Crippen molar-refractivity contribution in [2.24, 2.45) is 0 Å². The van der Waals surface area contributed by atoms with E-state index in [4.69, 9.17) is 9.47 Å². The molecular formula is C17H27NO2. The molecule has 0 aromatic heterocycles. The van der Waals surface area contributed by atoms with E-state index >= 15 is 0 Å². The molecule has 0 N–H and O–H groups in total. The van der Waals surface area contributed by atoms with Gasteiger partial charge in [0.2, 0.25) is 0 Å². The summed E-state index contributed by atoms with van der Waals surface area (Å²) in [5.41, 5.74) is 2.90. The zero-order valence-electron chi connectivity index (χ0n) is 13.2. The standard InChI is InChI=1S/C17H27NO2/c1-5-18(6-2)12-14-9-7-8-13-10-16(19-3)17(20-4)11-15(13)14/h10-11,14H,5-9,12H2,1-4H3/t14-/m1/s1. The number of hydrogen-bond donors (Lipinski definition) is 0. The summed E-state index contributed by atoms with van der Waals surface area (Å²) in [7, 11) is 3.42. The quantitative estimate of drug-likeness (QED) is 0.795. The lowest BCUT2D eigenvalue weighted by Gasteiger charge is -2.31. The summed E-state index contributed by atoms with van der Waals surface area (Å²) < 4.78 is 10.9. The molecule has 0 spiro atoms. The normalized spacial score (nSPS) is 17.9. The van der Waals surface area contributed by atoms with Gasteiger partial charge < -0.3 is 14.4 Å². The molecule has 0 bridgehead atoms. The SMILES string of the molecule is CCN(CC)C[C@H]1CCCc2cc(OC)c(OC)cc21. The molecular weight excluding hydrogens is 250 g/mol. The molecule has 0 amide bonds. The maximum Gasteiger partial charge on any atom is 0.161 e. The predicted octanol–water partition coefficient (Wildman–Crippen LogP) is 3.47. The van der Waals surface area contributed by atoms with E-state index in [2.05, 4.69) is 30.9 Å². The number of rotatable bonds is 6. The highest BCUT2D eigenvalue weighted by Gasteiger charge is 2.24. The van der Waals surface area contributed by atoms with Crippen LogP contribution in [0.3, 0.4) is 0 Å². The molecule has 0 fully saturated rings. The van der Waals surface area contributed by atoms with E-state index in [0.29, 0.717) is 5.92 Å². The monoisotopic (exact) mass is 277 g/mol. The molecule has 112 valence electrons. The average molecular weight is 277 g/mol. The van der Waals surface area contributed by atoms with Gasteiger partial charge >= 0.3 is 0 Å². The molecule has 3 heteroatoms. The minimum Gasteiger partial charge on any atom is -0.493 e. The predicted molar refractivity (Wildman–Crippen MR) is 83.0 cm³/mol. The Bertz CT molecular complexity index is 441. The number of hydrogen-bond acceptors (Lipinski definition) is 3. The number of nitrogens with zero attached hydrogens (tertiary/aromatic N) is 1. The van der Waals surface area contributed by atoms with E-state index in [0.717, 1.165) is 37.6 Å². The highest BCUT2D eigenvalue weighted by molar-refractivity contribution is 5.49. The Morgan fingerprint density at radius 2 is 1.75 bits per heavy atom. The van der Waals surface area contributed by atoms with Crippen molar-refractivity contribution in [3.8, 4) is 11.5 Å². The number of ether oxygens (including phenoxy) is 2. The molecule has 0 saturated heterocycles. The molecule has 1 aromatic carbocycles. The molecule has 1 atom stereocenters. The highest BCUT2D eigenvalue weighted by atomic mass is 16.5. The smallest absolute Gasteiger partial charge is 0.161 e. The Kier molecular flexibility index (Phi) is 5.30. The van der Waals surface area contributed by atoms with Crippen molar-refractivity contribution in [2.75, 3.05) is 33.9 Å². The molecule has 0 saturated carbocycles. The summed E-state index contributed by atoms with van der Waals surface area (Å²) in [5.74, 6) is 2.34. The van der Waals surface area contributed by atoms with Crippen LogP contribution in [0.15, 0.2) is 12.1 Å². The molecule has 1 aliphatic carbocycles. The van der Waals surface area contributed by atoms with Crippen molar-refractivity contribution in [1.29, 1.82) is 0 Å². The van der Waals surface area contributed by atoms with Crippen LogP contribution < -0.4 is 9.47 Å². The van der Waals surface area contributed by atoms with Gasteiger partial charge in [-0.1, -0.05) is 13.8 Å². The fourth-order valence-corrected chi connectivity index (χ4v) is 3.21. The van der Waals surface area contributed by atoms with E-state index in [1.165, 1.54) is 24.0 Å². The van der Waals surface area contributed by atoms with Crippen molar-refractivity contribution in [3.05, 3.63) is 23.3 Å². The Labute approximate surface area is 122 Å². The first kappa shape index (κ1) is 15.2. The topological polar surface area (TPSA) is 21.7 Å². The summed E-state index contributed by atoms with van der Waals surface area (Å²) in [5, 5.41) is 0. The average Bonchev–Trinajstić information content (AvgIpc) is 2.51. The molecule has 0 unspecified atom stereocenters. The van der Waals surface area contributed by atoms with Crippen LogP contribution in [-0.4, -0.2) is 38.8 Å². The maximum atomic E-state index is 5.47. The minimum absolute atomic E-state index is 0.624. The van der Waals surface area contributed by atoms with Gasteiger partial charge in [0.05, 0.1) is 14.2 Å². The van der Waals surface area contributed by atoms with E-state index in [1.807, 2.05) is 0 Å². The van der Waals surface area contributed by atoms with E-state index in [9.17, 15) is 0 Å². The number of methoxy groups -OCH3 is 2. The second-order valence-corrected chi connectivity index (χ2v) is 5.48. The summed E-state index contributed by atoms with van der Waals surface area (Å²) in [4.78, 5) is 2.51. The number of likely N-dealkylation sites (N-methyl/N-ethyl adjacent to an activating group) is 1. The summed E-state index contributed by atoms with van der Waals surface area (Å²) in [6.45, 7) is 7.87. The van der Waals surface area contributed by atoms with E-state index in [-0.39, 0.29) is 0 Å². The number of benzene rings is 1. The second kappa shape index (κ2) is 6.98. The maximum absolute atomic E-state index is 5.47. The Balaban J connectivity index is 2.29. The van der Waals surface area contributed by atoms with Crippen LogP contribution in [0.25, 0.3) is 0 Å². The molecule has 0 aliphatic heterocycles. The first-order valence-corrected chi connectivity index (χ1v) is 7.70. The third-order valence-corrected chi connectivity index (χ3v) is 4.46. The summed E-state index contributed by atoms with van der Waals surface area (Å²) >= 11 is 0. The first-order chi connectivity index (χ1) is 9.73. The Hall–Kier alpha value is -1.22. The van der Waals surface area contributed by atoms with E-state index < -0.39 is 0 Å². The van der Waals surface area contributed by atoms with Crippen LogP contribution in [0.2, 0.25) is 0 Å². The van der Waals surface area contributed by atoms with Crippen molar-refractivity contribution >= 4 is 0 Å². The second-order valence-electron chi connectivity index (χ2n) is 5.48. The van der Waals surface area contributed by atoms with Crippen LogP contribution in [-0.2, 0) is 6.42 Å². The Morgan fingerprint density at radius 3 is 2.35 bits per heavy atom.